The standard InChI is InChI=1S/C42H48FN11O4/c1-3-32-36(22-45-40-39(32)44-10-17-58-40)52-11-8-28-21-46-41(48-34(28)25-52)47-29-5-4-27(33(43)20-29)19-38(56)53-23-31(24-53)51-15-13-50(14-16-51)30-6-7-35(26(2)18-30)54-12-9-37(55)49-42(54)57/h4-7,18,20-22,31,44H,3,8-17,19,23-25H2,1-2H3,(H,46,47,48)(H,49,55,57). The molecule has 7 heterocycles. The van der Waals surface area contributed by atoms with Crippen LogP contribution < -0.4 is 35.4 Å². The van der Waals surface area contributed by atoms with Crippen molar-refractivity contribution in [2.75, 3.05) is 90.8 Å². The zero-order valence-corrected chi connectivity index (χ0v) is 32.9. The van der Waals surface area contributed by atoms with E-state index in [1.807, 2.05) is 36.4 Å². The van der Waals surface area contributed by atoms with Crippen molar-refractivity contribution < 1.29 is 23.5 Å². The molecule has 2 aromatic carbocycles. The molecule has 5 aliphatic rings. The molecule has 58 heavy (non-hydrogen) atoms. The van der Waals surface area contributed by atoms with Crippen molar-refractivity contribution >= 4 is 52.2 Å². The van der Waals surface area contributed by atoms with Crippen molar-refractivity contribution in [3.05, 3.63) is 82.6 Å². The molecule has 2 aromatic heterocycles. The van der Waals surface area contributed by atoms with Gasteiger partial charge in [-0.2, -0.15) is 0 Å². The summed E-state index contributed by atoms with van der Waals surface area (Å²) < 4.78 is 21.2. The fourth-order valence-electron chi connectivity index (χ4n) is 8.67. The second kappa shape index (κ2) is 15.7. The number of rotatable bonds is 9. The number of anilines is 6. The number of hydrogen-bond acceptors (Lipinski definition) is 12. The minimum absolute atomic E-state index is 0.00147. The van der Waals surface area contributed by atoms with Gasteiger partial charge in [0.2, 0.25) is 23.6 Å². The summed E-state index contributed by atoms with van der Waals surface area (Å²) in [4.78, 5) is 61.6. The molecule has 0 atom stereocenters. The van der Waals surface area contributed by atoms with Crippen LogP contribution in [-0.4, -0.2) is 114 Å². The molecule has 0 bridgehead atoms. The molecule has 0 radical (unpaired) electrons. The zero-order chi connectivity index (χ0) is 39.9. The predicted octanol–water partition coefficient (Wildman–Crippen LogP) is 4.01. The number of likely N-dealkylation sites (tertiary alicyclic amines) is 1. The van der Waals surface area contributed by atoms with Gasteiger partial charge in [0.1, 0.15) is 18.1 Å². The predicted molar refractivity (Wildman–Crippen MR) is 219 cm³/mol. The Morgan fingerprint density at radius 3 is 2.59 bits per heavy atom. The molecule has 0 unspecified atom stereocenters. The number of nitrogens with zero attached hydrogens (tertiary/aromatic N) is 8. The maximum atomic E-state index is 15.4. The van der Waals surface area contributed by atoms with Crippen LogP contribution in [0.3, 0.4) is 0 Å². The third-order valence-corrected chi connectivity index (χ3v) is 12.0. The number of pyridine rings is 1. The van der Waals surface area contributed by atoms with Gasteiger partial charge >= 0.3 is 6.03 Å². The van der Waals surface area contributed by atoms with Crippen LogP contribution >= 0.6 is 0 Å². The highest BCUT2D eigenvalue weighted by molar-refractivity contribution is 6.06. The van der Waals surface area contributed by atoms with Gasteiger partial charge in [0, 0.05) is 100 Å². The lowest BCUT2D eigenvalue weighted by molar-refractivity contribution is -0.138. The van der Waals surface area contributed by atoms with E-state index < -0.39 is 5.82 Å². The second-order valence-corrected chi connectivity index (χ2v) is 15.6. The van der Waals surface area contributed by atoms with Gasteiger partial charge in [-0.05, 0) is 66.8 Å². The molecular weight excluding hydrogens is 742 g/mol. The molecule has 3 saturated heterocycles. The largest absolute Gasteiger partial charge is 0.474 e. The number of nitrogens with one attached hydrogen (secondary N) is 3. The Kier molecular flexibility index (Phi) is 10.2. The van der Waals surface area contributed by atoms with Crippen LogP contribution in [0, 0.1) is 12.7 Å². The van der Waals surface area contributed by atoms with E-state index in [1.54, 1.807) is 17.0 Å². The Morgan fingerprint density at radius 2 is 1.81 bits per heavy atom. The highest BCUT2D eigenvalue weighted by atomic mass is 19.1. The van der Waals surface area contributed by atoms with Crippen LogP contribution in [0.2, 0.25) is 0 Å². The number of halogens is 1. The average Bonchev–Trinajstić information content (AvgIpc) is 3.21. The molecule has 0 saturated carbocycles. The molecule has 9 rings (SSSR count). The lowest BCUT2D eigenvalue weighted by Crippen LogP contribution is -2.64. The number of aryl methyl sites for hydroxylation is 1. The molecule has 4 amide bonds. The monoisotopic (exact) mass is 789 g/mol. The summed E-state index contributed by atoms with van der Waals surface area (Å²) >= 11 is 0. The summed E-state index contributed by atoms with van der Waals surface area (Å²) in [5, 5.41) is 9.02. The molecule has 0 aliphatic carbocycles. The third kappa shape index (κ3) is 7.43. The number of fused-ring (bicyclic) bond motifs is 2. The summed E-state index contributed by atoms with van der Waals surface area (Å²) in [6.45, 7) is 12.0. The number of urea groups is 1. The first-order valence-corrected chi connectivity index (χ1v) is 20.2. The van der Waals surface area contributed by atoms with Crippen LogP contribution in [0.1, 0.15) is 41.3 Å². The summed E-state index contributed by atoms with van der Waals surface area (Å²) in [7, 11) is 0. The van der Waals surface area contributed by atoms with E-state index in [0.29, 0.717) is 62.3 Å². The number of piperazine rings is 1. The van der Waals surface area contributed by atoms with Crippen LogP contribution in [0.15, 0.2) is 48.8 Å². The Labute approximate surface area is 336 Å². The van der Waals surface area contributed by atoms with Gasteiger partial charge in [-0.25, -0.2) is 24.1 Å². The van der Waals surface area contributed by atoms with Crippen molar-refractivity contribution in [1.82, 2.24) is 30.1 Å². The minimum atomic E-state index is -0.446. The average molecular weight is 790 g/mol. The lowest BCUT2D eigenvalue weighted by atomic mass is 10.0. The summed E-state index contributed by atoms with van der Waals surface area (Å²) in [6, 6.07) is 10.8. The van der Waals surface area contributed by atoms with Gasteiger partial charge in [0.15, 0.2) is 0 Å². The Balaban J connectivity index is 0.754. The van der Waals surface area contributed by atoms with E-state index in [2.05, 4.69) is 53.6 Å². The third-order valence-electron chi connectivity index (χ3n) is 12.0. The number of carbonyl (C=O) groups excluding carboxylic acids is 3. The molecule has 16 heteroatoms. The highest BCUT2D eigenvalue weighted by Crippen LogP contribution is 2.37. The highest BCUT2D eigenvalue weighted by Gasteiger charge is 2.36. The van der Waals surface area contributed by atoms with E-state index >= 15 is 4.39 Å². The second-order valence-electron chi connectivity index (χ2n) is 15.6. The van der Waals surface area contributed by atoms with E-state index in [4.69, 9.17) is 9.72 Å². The number of aromatic nitrogens is 3. The SMILES string of the molecule is CCc1c(N2CCc3cnc(Nc4ccc(CC(=O)N5CC(N6CCN(c7ccc(N8CCC(=O)NC8=O)c(C)c7)CC6)C5)c(F)c4)nc3C2)cnc2c1NCCO2. The Hall–Kier alpha value is -6.03. The molecule has 4 aromatic rings. The van der Waals surface area contributed by atoms with Gasteiger partial charge < -0.3 is 30.1 Å². The van der Waals surface area contributed by atoms with E-state index in [-0.39, 0.29) is 30.3 Å². The number of amides is 4. The van der Waals surface area contributed by atoms with Gasteiger partial charge in [-0.15, -0.1) is 0 Å². The van der Waals surface area contributed by atoms with E-state index in [0.717, 1.165) is 91.7 Å². The molecule has 0 spiro atoms. The van der Waals surface area contributed by atoms with Crippen molar-refractivity contribution in [1.29, 1.82) is 0 Å². The zero-order valence-electron chi connectivity index (χ0n) is 32.9. The van der Waals surface area contributed by atoms with Gasteiger partial charge in [0.05, 0.1) is 30.5 Å². The van der Waals surface area contributed by atoms with Crippen LogP contribution in [-0.2, 0) is 35.4 Å². The number of ether oxygens (including phenoxy) is 1. The fourth-order valence-corrected chi connectivity index (χ4v) is 8.67. The molecule has 5 aliphatic heterocycles. The van der Waals surface area contributed by atoms with Crippen molar-refractivity contribution in [3.63, 3.8) is 0 Å². The Bertz CT molecular complexity index is 2260. The molecule has 3 N–H and O–H groups in total. The smallest absolute Gasteiger partial charge is 0.328 e. The van der Waals surface area contributed by atoms with Crippen LogP contribution in [0.5, 0.6) is 5.88 Å². The Morgan fingerprint density at radius 1 is 0.966 bits per heavy atom. The van der Waals surface area contributed by atoms with Gasteiger partial charge in [-0.1, -0.05) is 13.0 Å². The summed E-state index contributed by atoms with van der Waals surface area (Å²) in [6.07, 6.45) is 5.67. The van der Waals surface area contributed by atoms with Crippen molar-refractivity contribution in [2.45, 2.75) is 52.1 Å². The number of benzene rings is 2. The summed E-state index contributed by atoms with van der Waals surface area (Å²) in [5.41, 5.74) is 8.99. The first-order valence-electron chi connectivity index (χ1n) is 20.2. The van der Waals surface area contributed by atoms with Crippen molar-refractivity contribution in [2.24, 2.45) is 0 Å². The number of carbonyl (C=O) groups is 3. The van der Waals surface area contributed by atoms with E-state index in [1.165, 1.54) is 11.6 Å². The van der Waals surface area contributed by atoms with Gasteiger partial charge in [-0.3, -0.25) is 24.7 Å². The maximum absolute atomic E-state index is 15.4. The van der Waals surface area contributed by atoms with Gasteiger partial charge in [0.25, 0.3) is 0 Å². The fraction of sp³-hybridized carbons (Fsp3) is 0.429. The topological polar surface area (TPSA) is 151 Å². The maximum Gasteiger partial charge on any atom is 0.328 e. The van der Waals surface area contributed by atoms with Crippen LogP contribution in [0.25, 0.3) is 0 Å². The molecule has 15 nitrogen and oxygen atoms in total. The first kappa shape index (κ1) is 37.5. The molecule has 3 fully saturated rings. The van der Waals surface area contributed by atoms with E-state index in [9.17, 15) is 14.4 Å². The minimum Gasteiger partial charge on any atom is -0.474 e. The quantitative estimate of drug-likeness (QED) is 0.225. The molecule has 302 valence electrons. The molecular formula is C42H48FN11O4. The normalized spacial score (nSPS) is 18.5. The lowest BCUT2D eigenvalue weighted by Gasteiger charge is -2.48. The summed E-state index contributed by atoms with van der Waals surface area (Å²) in [5.74, 6) is 0.273. The van der Waals surface area contributed by atoms with Crippen molar-refractivity contribution in [3.8, 4) is 5.88 Å². The number of hydrogen-bond donors (Lipinski definition) is 3. The number of imide groups is 1. The first-order chi connectivity index (χ1) is 28.2. The van der Waals surface area contributed by atoms with Crippen LogP contribution in [0.4, 0.5) is 43.6 Å².